The van der Waals surface area contributed by atoms with E-state index in [2.05, 4.69) is 5.92 Å². The van der Waals surface area contributed by atoms with Crippen LogP contribution in [0.5, 0.6) is 0 Å². The molecule has 1 saturated carbocycles. The van der Waals surface area contributed by atoms with Gasteiger partial charge < -0.3 is 10.5 Å². The lowest BCUT2D eigenvalue weighted by molar-refractivity contribution is -0.151. The maximum absolute atomic E-state index is 11.5. The van der Waals surface area contributed by atoms with E-state index in [1.54, 1.807) is 0 Å². The topological polar surface area (TPSA) is 52.3 Å². The largest absolute Gasteiger partial charge is 0.461 e. The fourth-order valence-corrected chi connectivity index (χ4v) is 1.82. The van der Waals surface area contributed by atoms with Crippen LogP contribution in [-0.4, -0.2) is 18.1 Å². The van der Waals surface area contributed by atoms with Crippen molar-refractivity contribution in [3.05, 3.63) is 0 Å². The average Bonchev–Trinajstić information content (AvgIpc) is 2.46. The second-order valence-corrected chi connectivity index (χ2v) is 4.07. The van der Waals surface area contributed by atoms with Gasteiger partial charge in [-0.15, -0.1) is 12.3 Å². The summed E-state index contributed by atoms with van der Waals surface area (Å²) in [7, 11) is 0. The first-order valence-electron chi connectivity index (χ1n) is 5.63. The standard InChI is InChI=1S/C12H19NO2/c1-2-7-11(13)12(14)15-10-8-5-3-4-6-9-10/h1,10-11H,3-9,13H2. The molecule has 1 fully saturated rings. The summed E-state index contributed by atoms with van der Waals surface area (Å²) in [4.78, 5) is 11.5. The van der Waals surface area contributed by atoms with E-state index >= 15 is 0 Å². The summed E-state index contributed by atoms with van der Waals surface area (Å²) in [5, 5.41) is 0. The highest BCUT2D eigenvalue weighted by molar-refractivity contribution is 5.76. The van der Waals surface area contributed by atoms with Gasteiger partial charge in [-0.05, 0) is 25.7 Å². The van der Waals surface area contributed by atoms with Crippen molar-refractivity contribution in [1.82, 2.24) is 0 Å². The zero-order chi connectivity index (χ0) is 11.1. The van der Waals surface area contributed by atoms with Crippen molar-refractivity contribution in [2.24, 2.45) is 5.73 Å². The van der Waals surface area contributed by atoms with Crippen LogP contribution in [-0.2, 0) is 9.53 Å². The maximum Gasteiger partial charge on any atom is 0.324 e. The molecule has 0 spiro atoms. The smallest absolute Gasteiger partial charge is 0.324 e. The molecule has 0 aromatic heterocycles. The van der Waals surface area contributed by atoms with Gasteiger partial charge in [0.15, 0.2) is 0 Å². The summed E-state index contributed by atoms with van der Waals surface area (Å²) in [6.07, 6.45) is 12.1. The van der Waals surface area contributed by atoms with Crippen molar-refractivity contribution in [3.63, 3.8) is 0 Å². The number of carbonyl (C=O) groups is 1. The average molecular weight is 209 g/mol. The Balaban J connectivity index is 2.32. The number of rotatable bonds is 3. The minimum atomic E-state index is -0.654. The maximum atomic E-state index is 11.5. The first-order valence-corrected chi connectivity index (χ1v) is 5.63. The van der Waals surface area contributed by atoms with Crippen LogP contribution in [0.2, 0.25) is 0 Å². The van der Waals surface area contributed by atoms with Crippen LogP contribution in [0.4, 0.5) is 0 Å². The van der Waals surface area contributed by atoms with Gasteiger partial charge in [0, 0.05) is 6.42 Å². The lowest BCUT2D eigenvalue weighted by Gasteiger charge is -2.17. The molecule has 1 unspecified atom stereocenters. The molecule has 0 bridgehead atoms. The van der Waals surface area contributed by atoms with Crippen molar-refractivity contribution in [2.75, 3.05) is 0 Å². The van der Waals surface area contributed by atoms with Crippen molar-refractivity contribution < 1.29 is 9.53 Å². The Hall–Kier alpha value is -1.01. The molecule has 84 valence electrons. The second-order valence-electron chi connectivity index (χ2n) is 4.07. The monoisotopic (exact) mass is 209 g/mol. The van der Waals surface area contributed by atoms with E-state index in [0.29, 0.717) is 0 Å². The molecule has 0 aliphatic heterocycles. The summed E-state index contributed by atoms with van der Waals surface area (Å²) >= 11 is 0. The fourth-order valence-electron chi connectivity index (χ4n) is 1.82. The third-order valence-corrected chi connectivity index (χ3v) is 2.73. The van der Waals surface area contributed by atoms with Gasteiger partial charge in [0.05, 0.1) is 0 Å². The van der Waals surface area contributed by atoms with Crippen molar-refractivity contribution >= 4 is 5.97 Å². The molecule has 2 N–H and O–H groups in total. The Morgan fingerprint density at radius 2 is 2.00 bits per heavy atom. The van der Waals surface area contributed by atoms with Crippen molar-refractivity contribution in [3.8, 4) is 12.3 Å². The summed E-state index contributed by atoms with van der Waals surface area (Å²) in [5.74, 6) is 2.02. The Morgan fingerprint density at radius 3 is 2.53 bits per heavy atom. The van der Waals surface area contributed by atoms with Gasteiger partial charge in [-0.3, -0.25) is 4.79 Å². The van der Waals surface area contributed by atoms with Gasteiger partial charge >= 0.3 is 5.97 Å². The number of terminal acetylenes is 1. The Kier molecular flexibility index (Phi) is 5.20. The number of hydrogen-bond donors (Lipinski definition) is 1. The minimum Gasteiger partial charge on any atom is -0.461 e. The highest BCUT2D eigenvalue weighted by Crippen LogP contribution is 2.20. The molecule has 3 heteroatoms. The number of esters is 1. The number of nitrogens with two attached hydrogens (primary N) is 1. The molecule has 3 nitrogen and oxygen atoms in total. The summed E-state index contributed by atoms with van der Waals surface area (Å²) in [5.41, 5.74) is 5.57. The first kappa shape index (κ1) is 12.1. The number of carbonyl (C=O) groups excluding carboxylic acids is 1. The predicted octanol–water partition coefficient (Wildman–Crippen LogP) is 1.60. The Bertz CT molecular complexity index is 236. The van der Waals surface area contributed by atoms with Gasteiger partial charge in [0.25, 0.3) is 0 Å². The van der Waals surface area contributed by atoms with Crippen LogP contribution >= 0.6 is 0 Å². The van der Waals surface area contributed by atoms with E-state index in [1.165, 1.54) is 12.8 Å². The molecule has 0 radical (unpaired) electrons. The number of hydrogen-bond acceptors (Lipinski definition) is 3. The Labute approximate surface area is 91.4 Å². The van der Waals surface area contributed by atoms with E-state index in [0.717, 1.165) is 25.7 Å². The summed E-state index contributed by atoms with van der Waals surface area (Å²) < 4.78 is 5.33. The Morgan fingerprint density at radius 1 is 1.40 bits per heavy atom. The minimum absolute atomic E-state index is 0.0591. The molecule has 1 aliphatic rings. The molecule has 0 aromatic carbocycles. The highest BCUT2D eigenvalue weighted by atomic mass is 16.5. The molecule has 0 amide bonds. The molecule has 0 saturated heterocycles. The molecular weight excluding hydrogens is 190 g/mol. The van der Waals surface area contributed by atoms with Crippen LogP contribution in [0.1, 0.15) is 44.9 Å². The third-order valence-electron chi connectivity index (χ3n) is 2.73. The summed E-state index contributed by atoms with van der Waals surface area (Å²) in [6.45, 7) is 0. The van der Waals surface area contributed by atoms with Gasteiger partial charge in [-0.2, -0.15) is 0 Å². The third kappa shape index (κ3) is 4.35. The molecule has 1 aliphatic carbocycles. The van der Waals surface area contributed by atoms with Crippen LogP contribution < -0.4 is 5.73 Å². The molecule has 0 aromatic rings. The lowest BCUT2D eigenvalue weighted by atomic mass is 10.1. The first-order chi connectivity index (χ1) is 7.24. The van der Waals surface area contributed by atoms with E-state index in [-0.39, 0.29) is 18.5 Å². The second kappa shape index (κ2) is 6.47. The van der Waals surface area contributed by atoms with Gasteiger partial charge in [-0.25, -0.2) is 0 Å². The normalized spacial score (nSPS) is 20.0. The molecular formula is C12H19NO2. The predicted molar refractivity (Wildman–Crippen MR) is 59.0 cm³/mol. The molecule has 1 rings (SSSR count). The molecule has 15 heavy (non-hydrogen) atoms. The zero-order valence-electron chi connectivity index (χ0n) is 9.08. The SMILES string of the molecule is C#CCC(N)C(=O)OC1CCCCCC1. The highest BCUT2D eigenvalue weighted by Gasteiger charge is 2.20. The number of ether oxygens (including phenoxy) is 1. The lowest BCUT2D eigenvalue weighted by Crippen LogP contribution is -2.34. The van der Waals surface area contributed by atoms with Crippen molar-refractivity contribution in [2.45, 2.75) is 57.1 Å². The van der Waals surface area contributed by atoms with E-state index in [4.69, 9.17) is 16.9 Å². The fraction of sp³-hybridized carbons (Fsp3) is 0.750. The van der Waals surface area contributed by atoms with Gasteiger partial charge in [0.2, 0.25) is 0 Å². The van der Waals surface area contributed by atoms with Crippen LogP contribution in [0.15, 0.2) is 0 Å². The van der Waals surface area contributed by atoms with Crippen LogP contribution in [0.25, 0.3) is 0 Å². The molecule has 0 heterocycles. The van der Waals surface area contributed by atoms with E-state index in [9.17, 15) is 4.79 Å². The van der Waals surface area contributed by atoms with Gasteiger partial charge in [-0.1, -0.05) is 12.8 Å². The van der Waals surface area contributed by atoms with E-state index in [1.807, 2.05) is 0 Å². The zero-order valence-corrected chi connectivity index (χ0v) is 9.08. The van der Waals surface area contributed by atoms with Crippen LogP contribution in [0, 0.1) is 12.3 Å². The molecule has 1 atom stereocenters. The van der Waals surface area contributed by atoms with Crippen molar-refractivity contribution in [1.29, 1.82) is 0 Å². The van der Waals surface area contributed by atoms with E-state index < -0.39 is 6.04 Å². The van der Waals surface area contributed by atoms with Crippen LogP contribution in [0.3, 0.4) is 0 Å². The quantitative estimate of drug-likeness (QED) is 0.436. The van der Waals surface area contributed by atoms with Gasteiger partial charge in [0.1, 0.15) is 12.1 Å². The summed E-state index contributed by atoms with van der Waals surface area (Å²) in [6, 6.07) is -0.654.